The van der Waals surface area contributed by atoms with Crippen LogP contribution in [0, 0.1) is 36.8 Å². The second-order valence-corrected chi connectivity index (χ2v) is 12.0. The number of carbonyl (C=O) groups excluding carboxylic acids is 1. The molecule has 4 aromatic carbocycles. The molecule has 238 valence electrons. The van der Waals surface area contributed by atoms with Crippen molar-refractivity contribution in [2.45, 2.75) is 54.0 Å². The summed E-state index contributed by atoms with van der Waals surface area (Å²) < 4.78 is 7.43. The molecular weight excluding hydrogens is 580 g/mol. The molecule has 1 atom stereocenters. The number of ether oxygens (including phenoxy) is 1. The highest BCUT2D eigenvalue weighted by Gasteiger charge is 2.19. The molecule has 0 aliphatic rings. The van der Waals surface area contributed by atoms with Gasteiger partial charge in [0.1, 0.15) is 5.71 Å². The number of hydrogen-bond acceptors (Lipinski definition) is 6. The van der Waals surface area contributed by atoms with Gasteiger partial charge in [0.05, 0.1) is 4.92 Å². The number of nitrogens with zero attached hydrogens (tertiary/aromatic N) is 3. The third-order valence-corrected chi connectivity index (χ3v) is 8.26. The quantitative estimate of drug-likeness (QED) is 0.0687. The molecule has 1 N–H and O–H groups in total. The maximum Gasteiger partial charge on any atom is 0.437 e. The minimum Gasteiger partial charge on any atom is -0.384 e. The zero-order valence-electron chi connectivity index (χ0n) is 27.2. The smallest absolute Gasteiger partial charge is 0.384 e. The molecule has 0 aliphatic carbocycles. The monoisotopic (exact) mass is 620 g/mol. The van der Waals surface area contributed by atoms with Crippen LogP contribution in [-0.4, -0.2) is 35.0 Å². The maximum absolute atomic E-state index is 13.0. The van der Waals surface area contributed by atoms with Gasteiger partial charge in [0.25, 0.3) is 5.69 Å². The number of benzene rings is 4. The Morgan fingerprint density at radius 2 is 1.65 bits per heavy atom. The highest BCUT2D eigenvalue weighted by atomic mass is 16.7. The average molecular weight is 621 g/mol. The number of amides is 1. The largest absolute Gasteiger partial charge is 0.437 e. The summed E-state index contributed by atoms with van der Waals surface area (Å²) in [6, 6.07) is 22.8. The van der Waals surface area contributed by atoms with Crippen LogP contribution in [0.25, 0.3) is 21.8 Å². The lowest BCUT2D eigenvalue weighted by Crippen LogP contribution is -2.14. The molecule has 0 bridgehead atoms. The van der Waals surface area contributed by atoms with Crippen molar-refractivity contribution in [2.24, 2.45) is 11.1 Å². The molecule has 9 nitrogen and oxygen atoms in total. The Morgan fingerprint density at radius 1 is 0.957 bits per heavy atom. The molecule has 0 aliphatic heterocycles. The Bertz CT molecular complexity index is 1940. The minimum absolute atomic E-state index is 0.0274. The summed E-state index contributed by atoms with van der Waals surface area (Å²) in [5, 5.41) is 20.5. The normalized spacial score (nSPS) is 12.4. The van der Waals surface area contributed by atoms with Gasteiger partial charge in [0.15, 0.2) is 0 Å². The maximum atomic E-state index is 13.0. The molecule has 1 aromatic heterocycles. The van der Waals surface area contributed by atoms with Gasteiger partial charge in [-0.1, -0.05) is 42.4 Å². The Hall–Kier alpha value is -5.02. The summed E-state index contributed by atoms with van der Waals surface area (Å²) in [5.74, 6) is 0.444. The lowest BCUT2D eigenvalue weighted by atomic mass is 9.93. The lowest BCUT2D eigenvalue weighted by molar-refractivity contribution is -0.384. The number of nitrogens with one attached hydrogen (secondary N) is 1. The summed E-state index contributed by atoms with van der Waals surface area (Å²) in [4.78, 5) is 29.7. The van der Waals surface area contributed by atoms with Crippen LogP contribution in [0.4, 0.5) is 16.2 Å². The average Bonchev–Trinajstić information content (AvgIpc) is 3.32. The zero-order valence-corrected chi connectivity index (χ0v) is 27.2. The molecule has 1 unspecified atom stereocenters. The Labute approximate surface area is 269 Å². The molecule has 46 heavy (non-hydrogen) atoms. The van der Waals surface area contributed by atoms with Crippen molar-refractivity contribution in [3.63, 3.8) is 0 Å². The highest BCUT2D eigenvalue weighted by molar-refractivity contribution is 6.17. The van der Waals surface area contributed by atoms with Crippen molar-refractivity contribution in [1.29, 1.82) is 0 Å². The first-order valence-corrected chi connectivity index (χ1v) is 15.5. The number of non-ortho nitro benzene ring substituents is 1. The molecule has 1 amide bonds. The van der Waals surface area contributed by atoms with Crippen LogP contribution < -0.4 is 5.32 Å². The van der Waals surface area contributed by atoms with Gasteiger partial charge >= 0.3 is 6.09 Å². The van der Waals surface area contributed by atoms with Gasteiger partial charge in [-0.2, -0.15) is 0 Å². The van der Waals surface area contributed by atoms with E-state index < -0.39 is 6.09 Å². The van der Waals surface area contributed by atoms with Gasteiger partial charge < -0.3 is 9.30 Å². The summed E-state index contributed by atoms with van der Waals surface area (Å²) in [6.07, 6.45) is 1.21. The van der Waals surface area contributed by atoms with E-state index in [0.29, 0.717) is 23.9 Å². The summed E-state index contributed by atoms with van der Waals surface area (Å²) in [7, 11) is 1.72. The second-order valence-electron chi connectivity index (χ2n) is 12.0. The fourth-order valence-electron chi connectivity index (χ4n) is 6.15. The van der Waals surface area contributed by atoms with Gasteiger partial charge in [-0.3, -0.25) is 20.3 Å². The number of aromatic nitrogens is 1. The highest BCUT2D eigenvalue weighted by Crippen LogP contribution is 2.33. The van der Waals surface area contributed by atoms with Crippen molar-refractivity contribution < 1.29 is 19.3 Å². The van der Waals surface area contributed by atoms with Crippen molar-refractivity contribution >= 4 is 45.0 Å². The van der Waals surface area contributed by atoms with Crippen LogP contribution in [0.15, 0.2) is 78.0 Å². The van der Waals surface area contributed by atoms with Gasteiger partial charge in [0, 0.05) is 71.0 Å². The molecule has 1 heterocycles. The van der Waals surface area contributed by atoms with Crippen LogP contribution in [0.5, 0.6) is 0 Å². The number of hydrogen-bond donors (Lipinski definition) is 1. The number of nitro benzene ring substituents is 1. The van der Waals surface area contributed by atoms with Gasteiger partial charge in [-0.05, 0) is 99.0 Å². The number of aryl methyl sites for hydroxylation is 5. The van der Waals surface area contributed by atoms with Crippen LogP contribution in [0.2, 0.25) is 0 Å². The summed E-state index contributed by atoms with van der Waals surface area (Å²) >= 11 is 0. The second kappa shape index (κ2) is 14.0. The fourth-order valence-corrected chi connectivity index (χ4v) is 6.15. The number of rotatable bonds is 11. The zero-order chi connectivity index (χ0) is 33.0. The topological polar surface area (TPSA) is 108 Å². The molecule has 0 radical (unpaired) electrons. The summed E-state index contributed by atoms with van der Waals surface area (Å²) in [5.41, 5.74) is 8.76. The van der Waals surface area contributed by atoms with E-state index in [1.807, 2.05) is 70.2 Å². The van der Waals surface area contributed by atoms with E-state index in [-0.39, 0.29) is 10.6 Å². The number of oxime groups is 1. The Balaban J connectivity index is 1.57. The molecule has 5 rings (SSSR count). The van der Waals surface area contributed by atoms with Gasteiger partial charge in [0.2, 0.25) is 0 Å². The number of anilines is 1. The van der Waals surface area contributed by atoms with Crippen molar-refractivity contribution in [3.05, 3.63) is 116 Å². The van der Waals surface area contributed by atoms with Crippen molar-refractivity contribution in [1.82, 2.24) is 4.57 Å². The predicted molar refractivity (Wildman–Crippen MR) is 184 cm³/mol. The van der Waals surface area contributed by atoms with E-state index in [9.17, 15) is 14.9 Å². The molecule has 5 aromatic rings. The molecule has 0 fully saturated rings. The first-order valence-electron chi connectivity index (χ1n) is 15.5. The van der Waals surface area contributed by atoms with Gasteiger partial charge in [-0.15, -0.1) is 0 Å². The van der Waals surface area contributed by atoms with Crippen molar-refractivity contribution in [3.8, 4) is 0 Å². The first-order chi connectivity index (χ1) is 22.1. The Morgan fingerprint density at radius 3 is 2.30 bits per heavy atom. The minimum atomic E-state index is -0.705. The van der Waals surface area contributed by atoms with Crippen LogP contribution in [-0.2, 0) is 22.5 Å². The molecule has 0 saturated carbocycles. The number of carbonyl (C=O) groups is 1. The fraction of sp³-hybridized carbons (Fsp3) is 0.297. The van der Waals surface area contributed by atoms with Crippen LogP contribution in [0.3, 0.4) is 0 Å². The number of methoxy groups -OCH3 is 1. The SMILES string of the molecule is CCn1c2ccc(/C(=N/OC(=O)Nc3cc(C)cc(C)c3)c3ccc(CCC(C)COC)cc3C)cc2c2cc([N+](=O)[O-])ccc21. The lowest BCUT2D eigenvalue weighted by Gasteiger charge is -2.14. The predicted octanol–water partition coefficient (Wildman–Crippen LogP) is 8.86. The molecular formula is C37H40N4O5. The van der Waals surface area contributed by atoms with Crippen LogP contribution >= 0.6 is 0 Å². The third-order valence-electron chi connectivity index (χ3n) is 8.26. The number of fused-ring (bicyclic) bond motifs is 3. The molecule has 0 saturated heterocycles. The first kappa shape index (κ1) is 32.4. The van der Waals surface area contributed by atoms with E-state index in [4.69, 9.17) is 9.57 Å². The number of nitro groups is 1. The summed E-state index contributed by atoms with van der Waals surface area (Å²) in [6.45, 7) is 11.6. The van der Waals surface area contributed by atoms with E-state index >= 15 is 0 Å². The van der Waals surface area contributed by atoms with E-state index in [1.165, 1.54) is 11.6 Å². The standard InChI is InChI=1S/C37H40N4O5/c1-7-40-34-14-11-28(20-32(34)33-21-30(41(43)44)12-15-35(33)40)36(39-46-37(42)38-29-17-24(3)16-25(4)18-29)31-13-10-27(19-26(31)5)9-8-23(2)22-45-6/h10-21,23H,7-9,22H2,1-6H3,(H,38,42)/b39-36-. The van der Waals surface area contributed by atoms with Crippen molar-refractivity contribution in [2.75, 3.05) is 19.0 Å². The van der Waals surface area contributed by atoms with Crippen LogP contribution in [0.1, 0.15) is 53.6 Å². The Kier molecular flexibility index (Phi) is 9.82. The van der Waals surface area contributed by atoms with Gasteiger partial charge in [-0.25, -0.2) is 4.79 Å². The van der Waals surface area contributed by atoms with E-state index in [0.717, 1.165) is 69.1 Å². The third kappa shape index (κ3) is 7.10. The molecule has 0 spiro atoms. The van der Waals surface area contributed by atoms with E-state index in [1.54, 1.807) is 19.2 Å². The molecule has 9 heteroatoms. The van der Waals surface area contributed by atoms with E-state index in [2.05, 4.69) is 34.1 Å².